The number of hydrogen-bond donors (Lipinski definition) is 0. The van der Waals surface area contributed by atoms with E-state index in [0.29, 0.717) is 18.5 Å². The van der Waals surface area contributed by atoms with Gasteiger partial charge >= 0.3 is 0 Å². The van der Waals surface area contributed by atoms with E-state index >= 15 is 0 Å². The Bertz CT molecular complexity index is 1530. The third-order valence-electron chi connectivity index (χ3n) is 10.2. The Balaban J connectivity index is 1.27. The molecule has 3 aromatic rings. The Morgan fingerprint density at radius 2 is 1.66 bits per heavy atom. The predicted octanol–water partition coefficient (Wildman–Crippen LogP) is 7.26. The van der Waals surface area contributed by atoms with Crippen LogP contribution in [0.5, 0.6) is 0 Å². The molecule has 2 aromatic carbocycles. The highest BCUT2D eigenvalue weighted by Gasteiger charge is 2.50. The molecule has 0 amide bonds. The number of piperidine rings is 1. The van der Waals surface area contributed by atoms with E-state index < -0.39 is 0 Å². The Labute approximate surface area is 245 Å². The third-order valence-corrected chi connectivity index (χ3v) is 10.2. The zero-order chi connectivity index (χ0) is 28.8. The van der Waals surface area contributed by atoms with Crippen LogP contribution in [0.2, 0.25) is 0 Å². The molecule has 6 nitrogen and oxygen atoms in total. The average molecular weight is 549 g/mol. The van der Waals surface area contributed by atoms with Gasteiger partial charge in [-0.25, -0.2) is 15.0 Å². The fourth-order valence-electron chi connectivity index (χ4n) is 6.98. The first-order valence-corrected chi connectivity index (χ1v) is 15.3. The van der Waals surface area contributed by atoms with Crippen LogP contribution in [0.1, 0.15) is 84.2 Å². The monoisotopic (exact) mass is 548 g/mol. The van der Waals surface area contributed by atoms with Crippen molar-refractivity contribution in [1.29, 1.82) is 0 Å². The van der Waals surface area contributed by atoms with E-state index in [2.05, 4.69) is 88.9 Å². The summed E-state index contributed by atoms with van der Waals surface area (Å²) in [6.45, 7) is 16.5. The van der Waals surface area contributed by atoms with Crippen molar-refractivity contribution in [2.45, 2.75) is 85.2 Å². The summed E-state index contributed by atoms with van der Waals surface area (Å²) >= 11 is 0. The van der Waals surface area contributed by atoms with Gasteiger partial charge in [0.2, 0.25) is 0 Å². The Morgan fingerprint density at radius 3 is 2.51 bits per heavy atom. The molecule has 2 atom stereocenters. The molecule has 1 saturated heterocycles. The highest BCUT2D eigenvalue weighted by molar-refractivity contribution is 6.03. The van der Waals surface area contributed by atoms with E-state index in [1.165, 1.54) is 30.7 Å². The van der Waals surface area contributed by atoms with Crippen LogP contribution in [0.3, 0.4) is 0 Å². The van der Waals surface area contributed by atoms with Crippen molar-refractivity contribution in [2.75, 3.05) is 13.1 Å². The number of benzene rings is 2. The second kappa shape index (κ2) is 10.5. The molecule has 0 spiro atoms. The van der Waals surface area contributed by atoms with Gasteiger partial charge in [0.1, 0.15) is 17.5 Å². The van der Waals surface area contributed by atoms with Crippen LogP contribution in [0.25, 0.3) is 10.9 Å². The molecule has 0 aliphatic carbocycles. The fraction of sp³-hybridized carbons (Fsp3) is 0.514. The molecule has 3 aliphatic rings. The average Bonchev–Trinajstić information content (AvgIpc) is 3.20. The molecule has 0 bridgehead atoms. The molecule has 6 heteroatoms. The number of rotatable bonds is 6. The first kappa shape index (κ1) is 27.7. The Hall–Kier alpha value is -3.41. The molecule has 1 aromatic heterocycles. The van der Waals surface area contributed by atoms with Crippen LogP contribution in [0.4, 0.5) is 0 Å². The lowest BCUT2D eigenvalue weighted by molar-refractivity contribution is 0.114. The summed E-state index contributed by atoms with van der Waals surface area (Å²) < 4.78 is 0. The van der Waals surface area contributed by atoms with Crippen molar-refractivity contribution >= 4 is 28.8 Å². The topological polar surface area (TPSA) is 66.1 Å². The summed E-state index contributed by atoms with van der Waals surface area (Å²) in [6, 6.07) is 17.2. The largest absolute Gasteiger partial charge is 0.357 e. The summed E-state index contributed by atoms with van der Waals surface area (Å²) in [5.74, 6) is 3.53. The lowest BCUT2D eigenvalue weighted by atomic mass is 9.64. The summed E-state index contributed by atoms with van der Waals surface area (Å²) in [5, 5.41) is 1.09. The molecule has 2 unspecified atom stereocenters. The van der Waals surface area contributed by atoms with Crippen LogP contribution in [0.15, 0.2) is 69.7 Å². The van der Waals surface area contributed by atoms with Crippen LogP contribution in [-0.4, -0.2) is 51.9 Å². The first-order valence-electron chi connectivity index (χ1n) is 15.3. The molecule has 0 saturated carbocycles. The smallest absolute Gasteiger partial charge is 0.134 e. The van der Waals surface area contributed by atoms with Crippen LogP contribution >= 0.6 is 0 Å². The van der Waals surface area contributed by atoms with E-state index in [4.69, 9.17) is 24.9 Å². The number of para-hydroxylation sites is 1. The normalized spacial score (nSPS) is 21.6. The maximum atomic E-state index is 5.41. The number of fused-ring (bicyclic) bond motifs is 3. The van der Waals surface area contributed by atoms with E-state index in [0.717, 1.165) is 47.6 Å². The zero-order valence-corrected chi connectivity index (χ0v) is 25.6. The van der Waals surface area contributed by atoms with Crippen molar-refractivity contribution in [1.82, 2.24) is 14.9 Å². The highest BCUT2D eigenvalue weighted by Crippen LogP contribution is 2.47. The maximum absolute atomic E-state index is 5.41. The van der Waals surface area contributed by atoms with Gasteiger partial charge in [0.25, 0.3) is 0 Å². The van der Waals surface area contributed by atoms with E-state index in [1.807, 2.05) is 18.5 Å². The quantitative estimate of drug-likeness (QED) is 0.325. The molecule has 1 fully saturated rings. The Morgan fingerprint density at radius 1 is 0.878 bits per heavy atom. The van der Waals surface area contributed by atoms with Gasteiger partial charge in [0.15, 0.2) is 0 Å². The lowest BCUT2D eigenvalue weighted by Gasteiger charge is -2.53. The standard InChI is InChI=1S/C35H44N6/c1-33(2,30-36-22-26-15-9-10-16-28(26)40-30)19-27-23-39-32(41-18-12-11-17-29(27)41)35(5,6)34(3,4)31-37-20-24-13-7-8-14-25(24)21-38-31/h7-10,13-16,20,22,27,29H,11-12,17-19,21,23H2,1-6H3. The lowest BCUT2D eigenvalue weighted by Crippen LogP contribution is -2.59. The van der Waals surface area contributed by atoms with Gasteiger partial charge in [-0.15, -0.1) is 0 Å². The van der Waals surface area contributed by atoms with Crippen molar-refractivity contribution < 1.29 is 0 Å². The molecular weight excluding hydrogens is 504 g/mol. The van der Waals surface area contributed by atoms with Crippen LogP contribution in [0, 0.1) is 16.7 Å². The fourth-order valence-corrected chi connectivity index (χ4v) is 6.98. The minimum atomic E-state index is -0.294. The zero-order valence-electron chi connectivity index (χ0n) is 25.6. The summed E-state index contributed by atoms with van der Waals surface area (Å²) in [4.78, 5) is 27.9. The molecule has 41 heavy (non-hydrogen) atoms. The summed E-state index contributed by atoms with van der Waals surface area (Å²) in [6.07, 6.45) is 8.69. The van der Waals surface area contributed by atoms with Gasteiger partial charge in [0, 0.05) is 53.2 Å². The second-order valence-electron chi connectivity index (χ2n) is 13.9. The molecule has 6 rings (SSSR count). The van der Waals surface area contributed by atoms with Crippen molar-refractivity contribution in [3.05, 3.63) is 71.7 Å². The number of aliphatic imine (C=N–C) groups is 3. The van der Waals surface area contributed by atoms with Gasteiger partial charge in [0.05, 0.1) is 12.1 Å². The minimum Gasteiger partial charge on any atom is -0.357 e. The van der Waals surface area contributed by atoms with E-state index in [1.54, 1.807) is 0 Å². The minimum absolute atomic E-state index is 0.140. The van der Waals surface area contributed by atoms with Crippen molar-refractivity contribution in [3.8, 4) is 0 Å². The molecular formula is C35H44N6. The summed E-state index contributed by atoms with van der Waals surface area (Å²) in [5.41, 5.74) is 2.73. The molecule has 3 aliphatic heterocycles. The van der Waals surface area contributed by atoms with Gasteiger partial charge < -0.3 is 4.90 Å². The number of hydrogen-bond acceptors (Lipinski definition) is 6. The first-order chi connectivity index (χ1) is 19.6. The number of amidine groups is 2. The maximum Gasteiger partial charge on any atom is 0.134 e. The van der Waals surface area contributed by atoms with Crippen molar-refractivity contribution in [2.24, 2.45) is 31.7 Å². The molecule has 4 heterocycles. The number of nitrogens with zero attached hydrogens (tertiary/aromatic N) is 6. The van der Waals surface area contributed by atoms with E-state index in [9.17, 15) is 0 Å². The van der Waals surface area contributed by atoms with Crippen molar-refractivity contribution in [3.63, 3.8) is 0 Å². The molecule has 0 N–H and O–H groups in total. The van der Waals surface area contributed by atoms with E-state index in [-0.39, 0.29) is 16.2 Å². The van der Waals surface area contributed by atoms with Gasteiger partial charge in [-0.3, -0.25) is 9.98 Å². The van der Waals surface area contributed by atoms with Crippen LogP contribution < -0.4 is 0 Å². The highest BCUT2D eigenvalue weighted by atomic mass is 15.3. The SMILES string of the molecule is CC(C)(CC1CN=C(C(C)(C)C(C)(C)C2=NCc3ccccc3C=N2)N2CCCCC12)c1ncc2ccccc2n1. The Kier molecular flexibility index (Phi) is 7.07. The summed E-state index contributed by atoms with van der Waals surface area (Å²) in [7, 11) is 0. The third kappa shape index (κ3) is 5.00. The molecule has 0 radical (unpaired) electrons. The van der Waals surface area contributed by atoms with Crippen LogP contribution in [-0.2, 0) is 12.0 Å². The second-order valence-corrected chi connectivity index (χ2v) is 13.9. The van der Waals surface area contributed by atoms with Gasteiger partial charge in [-0.2, -0.15) is 0 Å². The number of aromatic nitrogens is 2. The van der Waals surface area contributed by atoms with Gasteiger partial charge in [-0.05, 0) is 48.8 Å². The molecule has 214 valence electrons. The predicted molar refractivity (Wildman–Crippen MR) is 170 cm³/mol. The van der Waals surface area contributed by atoms with Gasteiger partial charge in [-0.1, -0.05) is 84.0 Å².